The number of amides is 1. The van der Waals surface area contributed by atoms with Crippen molar-refractivity contribution in [3.8, 4) is 0 Å². The molecule has 0 fully saturated rings. The maximum Gasteiger partial charge on any atom is 0.348 e. The molecule has 0 aliphatic rings. The van der Waals surface area contributed by atoms with Crippen molar-refractivity contribution in [1.82, 2.24) is 10.2 Å². The van der Waals surface area contributed by atoms with Crippen LogP contribution in [0.15, 0.2) is 17.6 Å². The summed E-state index contributed by atoms with van der Waals surface area (Å²) in [6, 6.07) is 1.51. The van der Waals surface area contributed by atoms with E-state index >= 15 is 0 Å². The number of nitrogens with one attached hydrogen (secondary N) is 2. The van der Waals surface area contributed by atoms with Crippen LogP contribution in [0.1, 0.15) is 25.7 Å². The van der Waals surface area contributed by atoms with E-state index in [1.165, 1.54) is 12.3 Å². The van der Waals surface area contributed by atoms with E-state index in [2.05, 4.69) is 15.5 Å². The van der Waals surface area contributed by atoms with Gasteiger partial charge < -0.3 is 10.4 Å². The number of anilines is 1. The van der Waals surface area contributed by atoms with Crippen LogP contribution in [0.2, 0.25) is 0 Å². The second kappa shape index (κ2) is 4.38. The molecule has 1 amide bonds. The van der Waals surface area contributed by atoms with Crippen LogP contribution in [-0.4, -0.2) is 27.2 Å². The zero-order valence-electron chi connectivity index (χ0n) is 8.85. The van der Waals surface area contributed by atoms with Gasteiger partial charge in [0.05, 0.1) is 5.69 Å². The van der Waals surface area contributed by atoms with Crippen molar-refractivity contribution in [2.45, 2.75) is 6.92 Å². The van der Waals surface area contributed by atoms with Crippen molar-refractivity contribution >= 4 is 28.9 Å². The van der Waals surface area contributed by atoms with Crippen LogP contribution in [0.4, 0.5) is 5.69 Å². The van der Waals surface area contributed by atoms with Gasteiger partial charge in [-0.05, 0) is 23.9 Å². The first kappa shape index (κ1) is 11.3. The molecule has 0 saturated heterocycles. The maximum absolute atomic E-state index is 11.7. The minimum Gasteiger partial charge on any atom is -0.477 e. The quantitative estimate of drug-likeness (QED) is 0.774. The molecule has 0 aliphatic carbocycles. The summed E-state index contributed by atoms with van der Waals surface area (Å²) in [5.74, 6) is -1.46. The Morgan fingerprint density at radius 2 is 2.29 bits per heavy atom. The van der Waals surface area contributed by atoms with E-state index < -0.39 is 11.9 Å². The summed E-state index contributed by atoms with van der Waals surface area (Å²) in [5, 5.41) is 19.4. The number of aromatic carboxylic acids is 1. The lowest BCUT2D eigenvalue weighted by Crippen LogP contribution is -2.14. The molecule has 0 saturated carbocycles. The second-order valence-electron chi connectivity index (χ2n) is 3.35. The van der Waals surface area contributed by atoms with Crippen LogP contribution >= 0.6 is 11.3 Å². The summed E-state index contributed by atoms with van der Waals surface area (Å²) >= 11 is 1.08. The summed E-state index contributed by atoms with van der Waals surface area (Å²) in [6.07, 6.45) is 1.45. The van der Waals surface area contributed by atoms with Gasteiger partial charge in [-0.25, -0.2) is 4.79 Å². The molecular weight excluding hydrogens is 242 g/mol. The fraction of sp³-hybridized carbons (Fsp3) is 0.100. The van der Waals surface area contributed by atoms with Crippen LogP contribution in [0.5, 0.6) is 0 Å². The normalized spacial score (nSPS) is 10.2. The Hall–Kier alpha value is -2.15. The molecule has 7 heteroatoms. The van der Waals surface area contributed by atoms with Crippen LogP contribution in [0.25, 0.3) is 0 Å². The number of rotatable bonds is 3. The highest BCUT2D eigenvalue weighted by Crippen LogP contribution is 2.27. The first-order chi connectivity index (χ1) is 8.09. The molecule has 2 heterocycles. The lowest BCUT2D eigenvalue weighted by Gasteiger charge is -2.04. The first-order valence-electron chi connectivity index (χ1n) is 4.71. The number of H-pyrrole nitrogens is 1. The first-order valence-corrected chi connectivity index (χ1v) is 5.59. The third-order valence-corrected chi connectivity index (χ3v) is 3.24. The number of hydrogen-bond acceptors (Lipinski definition) is 4. The molecule has 88 valence electrons. The third kappa shape index (κ3) is 2.18. The van der Waals surface area contributed by atoms with Crippen molar-refractivity contribution in [2.75, 3.05) is 5.32 Å². The average molecular weight is 251 g/mol. The Morgan fingerprint density at radius 1 is 1.53 bits per heavy atom. The summed E-state index contributed by atoms with van der Waals surface area (Å²) in [5.41, 5.74) is 1.34. The fourth-order valence-electron chi connectivity index (χ4n) is 1.32. The number of hydrogen-bond donors (Lipinski definition) is 3. The van der Waals surface area contributed by atoms with Gasteiger partial charge in [0.15, 0.2) is 0 Å². The van der Waals surface area contributed by atoms with Gasteiger partial charge in [0, 0.05) is 6.20 Å². The van der Waals surface area contributed by atoms with E-state index in [4.69, 9.17) is 5.11 Å². The summed E-state index contributed by atoms with van der Waals surface area (Å²) in [4.78, 5) is 22.8. The molecule has 0 aliphatic heterocycles. The number of carbonyl (C=O) groups excluding carboxylic acids is 1. The second-order valence-corrected chi connectivity index (χ2v) is 4.23. The van der Waals surface area contributed by atoms with Crippen LogP contribution < -0.4 is 5.32 Å². The predicted octanol–water partition coefficient (Wildman–Crippen LogP) is 1.73. The minimum atomic E-state index is -1.05. The summed E-state index contributed by atoms with van der Waals surface area (Å²) in [7, 11) is 0. The lowest BCUT2D eigenvalue weighted by atomic mass is 10.2. The number of aromatic nitrogens is 2. The van der Waals surface area contributed by atoms with Gasteiger partial charge in [0.2, 0.25) is 0 Å². The molecule has 2 aromatic heterocycles. The summed E-state index contributed by atoms with van der Waals surface area (Å²) in [6.45, 7) is 1.74. The van der Waals surface area contributed by atoms with Gasteiger partial charge in [-0.2, -0.15) is 5.10 Å². The number of aromatic amines is 1. The van der Waals surface area contributed by atoms with Gasteiger partial charge in [-0.1, -0.05) is 0 Å². The number of carbonyl (C=O) groups is 2. The van der Waals surface area contributed by atoms with Crippen molar-refractivity contribution in [3.05, 3.63) is 33.8 Å². The lowest BCUT2D eigenvalue weighted by molar-refractivity contribution is 0.0703. The van der Waals surface area contributed by atoms with Crippen LogP contribution in [0.3, 0.4) is 0 Å². The zero-order chi connectivity index (χ0) is 12.4. The van der Waals surface area contributed by atoms with E-state index in [-0.39, 0.29) is 10.6 Å². The van der Waals surface area contributed by atoms with Gasteiger partial charge in [0.1, 0.15) is 10.6 Å². The van der Waals surface area contributed by atoms with Crippen LogP contribution in [0, 0.1) is 6.92 Å². The van der Waals surface area contributed by atoms with E-state index in [1.54, 1.807) is 12.3 Å². The third-order valence-electron chi connectivity index (χ3n) is 2.15. The molecule has 2 rings (SSSR count). The predicted molar refractivity (Wildman–Crippen MR) is 62.6 cm³/mol. The Balaban J connectivity index is 2.27. The zero-order valence-corrected chi connectivity index (χ0v) is 9.67. The monoisotopic (exact) mass is 251 g/mol. The number of thiophene rings is 1. The average Bonchev–Trinajstić information content (AvgIpc) is 2.89. The molecule has 17 heavy (non-hydrogen) atoms. The molecule has 0 aromatic carbocycles. The fourth-order valence-corrected chi connectivity index (χ4v) is 2.16. The van der Waals surface area contributed by atoms with E-state index in [0.29, 0.717) is 5.69 Å². The standard InChI is InChI=1S/C10H9N3O3S/c1-5-4-17-8(10(15)16)7(5)12-9(14)6-2-3-11-13-6/h2-4H,1H3,(H,11,13)(H,12,14)(H,15,16). The largest absolute Gasteiger partial charge is 0.477 e. The van der Waals surface area contributed by atoms with Crippen molar-refractivity contribution < 1.29 is 14.7 Å². The SMILES string of the molecule is Cc1csc(C(=O)O)c1NC(=O)c1ccn[nH]1. The highest BCUT2D eigenvalue weighted by atomic mass is 32.1. The van der Waals surface area contributed by atoms with Crippen LogP contribution in [-0.2, 0) is 0 Å². The highest BCUT2D eigenvalue weighted by Gasteiger charge is 2.18. The van der Waals surface area contributed by atoms with Crippen molar-refractivity contribution in [1.29, 1.82) is 0 Å². The molecule has 0 spiro atoms. The highest BCUT2D eigenvalue weighted by molar-refractivity contribution is 7.12. The topological polar surface area (TPSA) is 95.1 Å². The molecule has 6 nitrogen and oxygen atoms in total. The van der Waals surface area contributed by atoms with Gasteiger partial charge in [-0.15, -0.1) is 11.3 Å². The Labute approximate surface area is 100 Å². The van der Waals surface area contributed by atoms with Gasteiger partial charge >= 0.3 is 5.97 Å². The molecule has 2 aromatic rings. The summed E-state index contributed by atoms with van der Waals surface area (Å²) < 4.78 is 0. The van der Waals surface area contributed by atoms with Gasteiger partial charge in [0.25, 0.3) is 5.91 Å². The Morgan fingerprint density at radius 3 is 2.88 bits per heavy atom. The number of carboxylic acid groups (broad SMARTS) is 1. The maximum atomic E-state index is 11.7. The number of aryl methyl sites for hydroxylation is 1. The molecule has 0 radical (unpaired) electrons. The minimum absolute atomic E-state index is 0.121. The van der Waals surface area contributed by atoms with E-state index in [1.807, 2.05) is 0 Å². The number of carboxylic acids is 1. The van der Waals surface area contributed by atoms with E-state index in [9.17, 15) is 9.59 Å². The Kier molecular flexibility index (Phi) is 2.92. The van der Waals surface area contributed by atoms with Crippen molar-refractivity contribution in [2.24, 2.45) is 0 Å². The molecular formula is C10H9N3O3S. The molecule has 0 atom stereocenters. The number of nitrogens with zero attached hydrogens (tertiary/aromatic N) is 1. The molecule has 0 bridgehead atoms. The van der Waals surface area contributed by atoms with Crippen molar-refractivity contribution in [3.63, 3.8) is 0 Å². The molecule has 3 N–H and O–H groups in total. The Bertz CT molecular complexity index is 559. The van der Waals surface area contributed by atoms with Gasteiger partial charge in [-0.3, -0.25) is 9.89 Å². The molecule has 0 unspecified atom stereocenters. The van der Waals surface area contributed by atoms with E-state index in [0.717, 1.165) is 16.9 Å². The smallest absolute Gasteiger partial charge is 0.348 e.